The summed E-state index contributed by atoms with van der Waals surface area (Å²) in [4.78, 5) is 46.3. The molecule has 0 aromatic heterocycles. The van der Waals surface area contributed by atoms with Crippen molar-refractivity contribution >= 4 is 46.5 Å². The SMILES string of the molecule is O=C1NC(=O)[C@]2(Cc3ccccc3N3CCN(c4ccc(Cl)cc4)C[C@H]32)C(=O)N1c1ccccc1. The fraction of sp³-hybridized carbons (Fsp3) is 0.222. The summed E-state index contributed by atoms with van der Waals surface area (Å²) in [6.45, 7) is 1.80. The Balaban J connectivity index is 1.48. The Morgan fingerprint density at radius 3 is 2.31 bits per heavy atom. The average molecular weight is 487 g/mol. The van der Waals surface area contributed by atoms with Crippen molar-refractivity contribution in [2.45, 2.75) is 12.5 Å². The van der Waals surface area contributed by atoms with Crippen molar-refractivity contribution < 1.29 is 14.4 Å². The molecule has 3 aromatic rings. The van der Waals surface area contributed by atoms with E-state index in [2.05, 4.69) is 15.1 Å². The predicted molar refractivity (Wildman–Crippen MR) is 135 cm³/mol. The number of imide groups is 2. The number of barbiturate groups is 1. The van der Waals surface area contributed by atoms with Gasteiger partial charge in [0.15, 0.2) is 5.41 Å². The van der Waals surface area contributed by atoms with Gasteiger partial charge in [-0.25, -0.2) is 9.69 Å². The molecule has 7 nitrogen and oxygen atoms in total. The molecule has 0 aliphatic carbocycles. The minimum absolute atomic E-state index is 0.222. The van der Waals surface area contributed by atoms with E-state index in [1.807, 2.05) is 54.6 Å². The second-order valence-electron chi connectivity index (χ2n) is 9.14. The summed E-state index contributed by atoms with van der Waals surface area (Å²) in [5.41, 5.74) is 1.92. The molecule has 3 heterocycles. The molecule has 1 N–H and O–H groups in total. The number of halogens is 1. The van der Waals surface area contributed by atoms with E-state index in [4.69, 9.17) is 11.6 Å². The number of amides is 4. The highest BCUT2D eigenvalue weighted by molar-refractivity contribution is 6.31. The summed E-state index contributed by atoms with van der Waals surface area (Å²) in [6.07, 6.45) is 0.222. The molecule has 0 saturated carbocycles. The molecule has 2 fully saturated rings. The number of hydrogen-bond acceptors (Lipinski definition) is 5. The monoisotopic (exact) mass is 486 g/mol. The number of carbonyl (C=O) groups excluding carboxylic acids is 3. The minimum atomic E-state index is -1.46. The van der Waals surface area contributed by atoms with Gasteiger partial charge in [-0.1, -0.05) is 48.0 Å². The van der Waals surface area contributed by atoms with E-state index in [9.17, 15) is 14.4 Å². The summed E-state index contributed by atoms with van der Waals surface area (Å²) in [6, 6.07) is 23.1. The van der Waals surface area contributed by atoms with Gasteiger partial charge in [0.1, 0.15) is 0 Å². The Bertz CT molecular complexity index is 1330. The summed E-state index contributed by atoms with van der Waals surface area (Å²) >= 11 is 6.10. The van der Waals surface area contributed by atoms with Crippen molar-refractivity contribution in [1.29, 1.82) is 0 Å². The Morgan fingerprint density at radius 1 is 0.829 bits per heavy atom. The third kappa shape index (κ3) is 3.30. The molecule has 35 heavy (non-hydrogen) atoms. The van der Waals surface area contributed by atoms with Crippen molar-refractivity contribution in [2.24, 2.45) is 5.41 Å². The van der Waals surface area contributed by atoms with Gasteiger partial charge in [0.05, 0.1) is 11.7 Å². The molecule has 2 saturated heterocycles. The van der Waals surface area contributed by atoms with Crippen LogP contribution in [-0.2, 0) is 16.0 Å². The van der Waals surface area contributed by atoms with E-state index in [0.29, 0.717) is 23.8 Å². The molecular formula is C27H23ClN4O3. The van der Waals surface area contributed by atoms with Crippen LogP contribution >= 0.6 is 11.6 Å². The van der Waals surface area contributed by atoms with E-state index < -0.39 is 29.3 Å². The minimum Gasteiger partial charge on any atom is -0.368 e. The molecule has 0 unspecified atom stereocenters. The van der Waals surface area contributed by atoms with E-state index in [1.165, 1.54) is 0 Å². The molecule has 1 spiro atoms. The highest BCUT2D eigenvalue weighted by Crippen LogP contribution is 2.46. The molecule has 3 aliphatic rings. The summed E-state index contributed by atoms with van der Waals surface area (Å²) in [5.74, 6) is -1.03. The number of piperazine rings is 1. The molecule has 4 amide bonds. The number of para-hydroxylation sites is 2. The number of rotatable bonds is 2. The van der Waals surface area contributed by atoms with Crippen LogP contribution in [0.1, 0.15) is 5.56 Å². The number of fused-ring (bicyclic) bond motifs is 4. The maximum Gasteiger partial charge on any atom is 0.335 e. The fourth-order valence-electron chi connectivity index (χ4n) is 5.65. The smallest absolute Gasteiger partial charge is 0.335 e. The van der Waals surface area contributed by atoms with Crippen LogP contribution < -0.4 is 20.0 Å². The molecule has 2 atom stereocenters. The lowest BCUT2D eigenvalue weighted by Crippen LogP contribution is -2.75. The van der Waals surface area contributed by atoms with Crippen LogP contribution in [0.4, 0.5) is 21.9 Å². The second kappa shape index (κ2) is 8.13. The first-order valence-corrected chi connectivity index (χ1v) is 12.0. The van der Waals surface area contributed by atoms with E-state index in [1.54, 1.807) is 24.3 Å². The fourth-order valence-corrected chi connectivity index (χ4v) is 5.78. The molecular weight excluding hydrogens is 464 g/mol. The molecule has 3 aliphatic heterocycles. The molecule has 0 bridgehead atoms. The zero-order chi connectivity index (χ0) is 24.2. The molecule has 8 heteroatoms. The predicted octanol–water partition coefficient (Wildman–Crippen LogP) is 3.86. The number of carbonyl (C=O) groups is 3. The van der Waals surface area contributed by atoms with Crippen LogP contribution in [0.2, 0.25) is 5.02 Å². The largest absolute Gasteiger partial charge is 0.368 e. The number of hydrogen-bond donors (Lipinski definition) is 1. The molecule has 3 aromatic carbocycles. The van der Waals surface area contributed by atoms with Gasteiger partial charge in [0, 0.05) is 36.0 Å². The van der Waals surface area contributed by atoms with Gasteiger partial charge in [0.2, 0.25) is 5.91 Å². The van der Waals surface area contributed by atoms with Crippen molar-refractivity contribution in [3.05, 3.63) is 89.4 Å². The second-order valence-corrected chi connectivity index (χ2v) is 9.58. The zero-order valence-corrected chi connectivity index (χ0v) is 19.6. The van der Waals surface area contributed by atoms with Gasteiger partial charge in [-0.15, -0.1) is 0 Å². The maximum atomic E-state index is 14.3. The Labute approximate surface area is 207 Å². The molecule has 6 rings (SSSR count). The normalized spacial score (nSPS) is 23.7. The van der Waals surface area contributed by atoms with Crippen LogP contribution in [0.3, 0.4) is 0 Å². The Morgan fingerprint density at radius 2 is 1.54 bits per heavy atom. The quantitative estimate of drug-likeness (QED) is 0.557. The number of nitrogens with one attached hydrogen (secondary N) is 1. The average Bonchev–Trinajstić information content (AvgIpc) is 2.88. The number of nitrogens with zero attached hydrogens (tertiary/aromatic N) is 3. The lowest BCUT2D eigenvalue weighted by molar-refractivity contribution is -0.144. The van der Waals surface area contributed by atoms with Gasteiger partial charge in [-0.3, -0.25) is 14.9 Å². The number of urea groups is 1. The topological polar surface area (TPSA) is 73.0 Å². The Hall–Kier alpha value is -3.84. The van der Waals surface area contributed by atoms with Gasteiger partial charge in [-0.2, -0.15) is 0 Å². The zero-order valence-electron chi connectivity index (χ0n) is 18.9. The van der Waals surface area contributed by atoms with Crippen LogP contribution in [-0.4, -0.2) is 43.5 Å². The van der Waals surface area contributed by atoms with Crippen molar-refractivity contribution in [2.75, 3.05) is 34.3 Å². The standard InChI is InChI=1S/C27H23ClN4O3/c28-19-10-12-20(13-11-19)30-14-15-31-22-9-5-4-6-18(22)16-27(23(31)17-30)24(33)29-26(35)32(25(27)34)21-7-2-1-3-8-21/h1-13,23H,14-17H2,(H,29,33,35)/t23-,27+/m0/s1. The van der Waals surface area contributed by atoms with Crippen molar-refractivity contribution in [3.8, 4) is 0 Å². The van der Waals surface area contributed by atoms with Crippen LogP contribution in [0.5, 0.6) is 0 Å². The lowest BCUT2D eigenvalue weighted by atomic mass is 9.67. The Kier molecular flexibility index (Phi) is 5.04. The van der Waals surface area contributed by atoms with Crippen LogP contribution in [0, 0.1) is 5.41 Å². The number of anilines is 3. The summed E-state index contributed by atoms with van der Waals surface area (Å²) in [7, 11) is 0. The van der Waals surface area contributed by atoms with Gasteiger partial charge in [0.25, 0.3) is 5.91 Å². The van der Waals surface area contributed by atoms with E-state index in [0.717, 1.165) is 28.4 Å². The summed E-state index contributed by atoms with van der Waals surface area (Å²) in [5, 5.41) is 3.16. The third-order valence-electron chi connectivity index (χ3n) is 7.34. The van der Waals surface area contributed by atoms with Gasteiger partial charge < -0.3 is 9.80 Å². The first kappa shape index (κ1) is 21.7. The lowest BCUT2D eigenvalue weighted by Gasteiger charge is -2.55. The number of benzene rings is 3. The highest BCUT2D eigenvalue weighted by Gasteiger charge is 2.63. The van der Waals surface area contributed by atoms with Crippen LogP contribution in [0.15, 0.2) is 78.9 Å². The van der Waals surface area contributed by atoms with Crippen LogP contribution in [0.25, 0.3) is 0 Å². The van der Waals surface area contributed by atoms with Crippen molar-refractivity contribution in [3.63, 3.8) is 0 Å². The van der Waals surface area contributed by atoms with Gasteiger partial charge in [-0.05, 0) is 54.4 Å². The first-order valence-electron chi connectivity index (χ1n) is 11.6. The third-order valence-corrected chi connectivity index (χ3v) is 7.59. The van der Waals surface area contributed by atoms with E-state index in [-0.39, 0.29) is 6.42 Å². The summed E-state index contributed by atoms with van der Waals surface area (Å²) < 4.78 is 0. The van der Waals surface area contributed by atoms with E-state index >= 15 is 0 Å². The van der Waals surface area contributed by atoms with Crippen molar-refractivity contribution in [1.82, 2.24) is 5.32 Å². The maximum absolute atomic E-state index is 14.3. The first-order chi connectivity index (χ1) is 17.0. The molecule has 176 valence electrons. The van der Waals surface area contributed by atoms with Gasteiger partial charge >= 0.3 is 6.03 Å². The highest BCUT2D eigenvalue weighted by atomic mass is 35.5. The molecule has 0 radical (unpaired) electrons.